The molecule has 138 valence electrons. The molecular formula is C24H30O2. The number of rotatable bonds is 3. The van der Waals surface area contributed by atoms with Gasteiger partial charge >= 0.3 is 0 Å². The molecule has 0 amide bonds. The second-order valence-corrected chi connectivity index (χ2v) is 9.15. The summed E-state index contributed by atoms with van der Waals surface area (Å²) >= 11 is 0. The van der Waals surface area contributed by atoms with Crippen LogP contribution < -0.4 is 0 Å². The molecule has 0 saturated heterocycles. The Labute approximate surface area is 157 Å². The minimum Gasteiger partial charge on any atom is -0.508 e. The molecule has 1 fully saturated rings. The smallest absolute Gasteiger partial charge is 0.115 e. The molecule has 0 aromatic heterocycles. The number of aromatic hydroxyl groups is 1. The minimum atomic E-state index is 0.0809. The van der Waals surface area contributed by atoms with Gasteiger partial charge in [-0.25, -0.2) is 0 Å². The molecule has 2 nitrogen and oxygen atoms in total. The van der Waals surface area contributed by atoms with Gasteiger partial charge in [-0.2, -0.15) is 0 Å². The molecule has 2 heteroatoms. The Balaban J connectivity index is 2.07. The molecule has 1 saturated carbocycles. The largest absolute Gasteiger partial charge is 0.508 e. The fraction of sp³-hybridized carbons (Fsp3) is 0.417. The van der Waals surface area contributed by atoms with Crippen molar-refractivity contribution in [3.8, 4) is 5.75 Å². The molecule has 1 unspecified atom stereocenters. The summed E-state index contributed by atoms with van der Waals surface area (Å²) in [6.07, 6.45) is 4.52. The number of benzene rings is 2. The summed E-state index contributed by atoms with van der Waals surface area (Å²) in [5, 5.41) is 18.9. The van der Waals surface area contributed by atoms with Crippen molar-refractivity contribution >= 4 is 6.08 Å². The van der Waals surface area contributed by atoms with E-state index in [-0.39, 0.29) is 17.4 Å². The second-order valence-electron chi connectivity index (χ2n) is 9.15. The molecule has 3 rings (SSSR count). The topological polar surface area (TPSA) is 40.5 Å². The van der Waals surface area contributed by atoms with Gasteiger partial charge in [-0.05, 0) is 52.5 Å². The summed E-state index contributed by atoms with van der Waals surface area (Å²) in [5.74, 6) is 0.643. The lowest BCUT2D eigenvalue weighted by atomic mass is 9.56. The Bertz CT molecular complexity index is 780. The number of aliphatic hydroxyl groups is 1. The van der Waals surface area contributed by atoms with Crippen LogP contribution >= 0.6 is 0 Å². The van der Waals surface area contributed by atoms with Crippen LogP contribution in [0.4, 0.5) is 0 Å². The van der Waals surface area contributed by atoms with Crippen molar-refractivity contribution in [1.82, 2.24) is 0 Å². The maximum Gasteiger partial charge on any atom is 0.115 e. The molecule has 1 aliphatic rings. The van der Waals surface area contributed by atoms with E-state index in [4.69, 9.17) is 0 Å². The Hall–Kier alpha value is -2.06. The third-order valence-corrected chi connectivity index (χ3v) is 5.51. The molecular weight excluding hydrogens is 320 g/mol. The van der Waals surface area contributed by atoms with E-state index in [0.717, 1.165) is 17.5 Å². The molecule has 2 N–H and O–H groups in total. The molecule has 0 bridgehead atoms. The Morgan fingerprint density at radius 3 is 2.15 bits per heavy atom. The van der Waals surface area contributed by atoms with Crippen LogP contribution in [-0.2, 0) is 6.61 Å². The van der Waals surface area contributed by atoms with Crippen molar-refractivity contribution < 1.29 is 10.2 Å². The third kappa shape index (κ3) is 4.02. The summed E-state index contributed by atoms with van der Waals surface area (Å²) < 4.78 is 0. The van der Waals surface area contributed by atoms with Gasteiger partial charge in [0.2, 0.25) is 0 Å². The van der Waals surface area contributed by atoms with E-state index in [1.807, 2.05) is 24.3 Å². The number of phenolic OH excluding ortho intramolecular Hbond substituents is 1. The zero-order valence-corrected chi connectivity index (χ0v) is 16.3. The number of hydrogen-bond acceptors (Lipinski definition) is 2. The SMILES string of the molecule is CC1(C)CC(=Cc2ccc(O)cc2)C(c2ccc(CO)cc2)C(C)(C)C1. The van der Waals surface area contributed by atoms with E-state index in [9.17, 15) is 10.2 Å². The van der Waals surface area contributed by atoms with Gasteiger partial charge < -0.3 is 10.2 Å². The van der Waals surface area contributed by atoms with Gasteiger partial charge in [-0.15, -0.1) is 0 Å². The molecule has 2 aromatic rings. The van der Waals surface area contributed by atoms with E-state index in [0.29, 0.717) is 11.7 Å². The van der Waals surface area contributed by atoms with Crippen molar-refractivity contribution in [2.45, 2.75) is 53.1 Å². The number of allylic oxidation sites excluding steroid dienone is 1. The summed E-state index contributed by atoms with van der Waals surface area (Å²) in [6, 6.07) is 15.8. The molecule has 1 atom stereocenters. The lowest BCUT2D eigenvalue weighted by Gasteiger charge is -2.48. The van der Waals surface area contributed by atoms with Crippen LogP contribution in [0.25, 0.3) is 6.08 Å². The summed E-state index contributed by atoms with van der Waals surface area (Å²) in [7, 11) is 0. The molecule has 0 aliphatic heterocycles. The highest BCUT2D eigenvalue weighted by molar-refractivity contribution is 5.57. The van der Waals surface area contributed by atoms with Crippen molar-refractivity contribution in [2.75, 3.05) is 0 Å². The van der Waals surface area contributed by atoms with E-state index in [2.05, 4.69) is 45.9 Å². The zero-order valence-electron chi connectivity index (χ0n) is 16.3. The molecule has 2 aromatic carbocycles. The average Bonchev–Trinajstić information content (AvgIpc) is 2.55. The number of phenols is 1. The monoisotopic (exact) mass is 350 g/mol. The Kier molecular flexibility index (Phi) is 4.98. The first-order valence-electron chi connectivity index (χ1n) is 9.39. The highest BCUT2D eigenvalue weighted by Crippen LogP contribution is 2.56. The van der Waals surface area contributed by atoms with E-state index in [1.54, 1.807) is 12.1 Å². The van der Waals surface area contributed by atoms with Gasteiger partial charge in [0.25, 0.3) is 0 Å². The first kappa shape index (κ1) is 18.7. The fourth-order valence-corrected chi connectivity index (χ4v) is 4.95. The zero-order chi connectivity index (χ0) is 18.9. The van der Waals surface area contributed by atoms with Crippen LogP contribution in [0.1, 0.15) is 63.1 Å². The van der Waals surface area contributed by atoms with Crippen LogP contribution in [0.15, 0.2) is 54.1 Å². The quantitative estimate of drug-likeness (QED) is 0.724. The summed E-state index contributed by atoms with van der Waals surface area (Å²) in [5.41, 5.74) is 5.23. The Morgan fingerprint density at radius 1 is 0.962 bits per heavy atom. The van der Waals surface area contributed by atoms with E-state index >= 15 is 0 Å². The first-order valence-corrected chi connectivity index (χ1v) is 9.39. The lowest BCUT2D eigenvalue weighted by Crippen LogP contribution is -2.36. The number of aliphatic hydroxyl groups excluding tert-OH is 1. The van der Waals surface area contributed by atoms with Gasteiger partial charge in [0.1, 0.15) is 5.75 Å². The van der Waals surface area contributed by atoms with Gasteiger partial charge in [0.05, 0.1) is 6.61 Å². The minimum absolute atomic E-state index is 0.0809. The first-order chi connectivity index (χ1) is 12.2. The average molecular weight is 351 g/mol. The molecule has 1 aliphatic carbocycles. The van der Waals surface area contributed by atoms with Gasteiger partial charge in [0.15, 0.2) is 0 Å². The normalized spacial score (nSPS) is 23.1. The predicted octanol–water partition coefficient (Wildman–Crippen LogP) is 5.90. The number of hydrogen-bond donors (Lipinski definition) is 2. The maximum atomic E-state index is 9.57. The fourth-order valence-electron chi connectivity index (χ4n) is 4.95. The Morgan fingerprint density at radius 2 is 1.58 bits per heavy atom. The van der Waals surface area contributed by atoms with Crippen LogP contribution in [0.3, 0.4) is 0 Å². The van der Waals surface area contributed by atoms with Gasteiger partial charge in [-0.3, -0.25) is 0 Å². The van der Waals surface area contributed by atoms with E-state index < -0.39 is 0 Å². The van der Waals surface area contributed by atoms with Crippen LogP contribution in [0.5, 0.6) is 5.75 Å². The second kappa shape index (κ2) is 6.92. The van der Waals surface area contributed by atoms with Gasteiger partial charge in [0, 0.05) is 5.92 Å². The predicted molar refractivity (Wildman–Crippen MR) is 108 cm³/mol. The van der Waals surface area contributed by atoms with Crippen molar-refractivity contribution in [3.05, 3.63) is 70.8 Å². The molecule has 26 heavy (non-hydrogen) atoms. The van der Waals surface area contributed by atoms with Crippen molar-refractivity contribution in [2.24, 2.45) is 10.8 Å². The van der Waals surface area contributed by atoms with Crippen LogP contribution in [0, 0.1) is 10.8 Å². The van der Waals surface area contributed by atoms with Crippen LogP contribution in [0.2, 0.25) is 0 Å². The highest BCUT2D eigenvalue weighted by Gasteiger charge is 2.43. The third-order valence-electron chi connectivity index (χ3n) is 5.51. The van der Waals surface area contributed by atoms with Gasteiger partial charge in [-0.1, -0.05) is 75.7 Å². The summed E-state index contributed by atoms with van der Waals surface area (Å²) in [4.78, 5) is 0. The highest BCUT2D eigenvalue weighted by atomic mass is 16.3. The molecule has 0 radical (unpaired) electrons. The van der Waals surface area contributed by atoms with Crippen LogP contribution in [-0.4, -0.2) is 10.2 Å². The molecule has 0 spiro atoms. The maximum absolute atomic E-state index is 9.57. The van der Waals surface area contributed by atoms with E-state index in [1.165, 1.54) is 17.6 Å². The van der Waals surface area contributed by atoms with Crippen molar-refractivity contribution in [1.29, 1.82) is 0 Å². The molecule has 0 heterocycles. The van der Waals surface area contributed by atoms with Crippen molar-refractivity contribution in [3.63, 3.8) is 0 Å². The lowest BCUT2D eigenvalue weighted by molar-refractivity contribution is 0.131. The standard InChI is InChI=1S/C24H30O2/c1-23(2)14-20(13-17-7-11-21(26)12-8-17)22(24(3,4)16-23)19-9-5-18(15-25)6-10-19/h5-13,22,25-26H,14-16H2,1-4H3. The summed E-state index contributed by atoms with van der Waals surface area (Å²) in [6.45, 7) is 9.51.